The molecular formula is C18H16BrN3OS. The Morgan fingerprint density at radius 1 is 1.12 bits per heavy atom. The summed E-state index contributed by atoms with van der Waals surface area (Å²) in [5.41, 5.74) is 3.47. The number of nitrogens with zero attached hydrogens (tertiary/aromatic N) is 3. The molecular weight excluding hydrogens is 386 g/mol. The first-order valence-corrected chi connectivity index (χ1v) is 9.67. The zero-order chi connectivity index (χ0) is 16.7. The van der Waals surface area contributed by atoms with Gasteiger partial charge in [-0.2, -0.15) is 16.9 Å². The first-order chi connectivity index (χ1) is 11.6. The minimum absolute atomic E-state index is 0.210. The van der Waals surface area contributed by atoms with Crippen molar-refractivity contribution in [3.05, 3.63) is 52.5 Å². The van der Waals surface area contributed by atoms with Crippen LogP contribution in [0.4, 0.5) is 11.4 Å². The summed E-state index contributed by atoms with van der Waals surface area (Å²) in [5, 5.41) is 20.4. The lowest BCUT2D eigenvalue weighted by Crippen LogP contribution is -2.22. The predicted molar refractivity (Wildman–Crippen MR) is 103 cm³/mol. The van der Waals surface area contributed by atoms with Crippen molar-refractivity contribution in [2.75, 3.05) is 11.5 Å². The summed E-state index contributed by atoms with van der Waals surface area (Å²) in [4.78, 5) is 0. The number of halogens is 1. The third-order valence-corrected chi connectivity index (χ3v) is 5.95. The maximum Gasteiger partial charge on any atom is 0.221 e. The zero-order valence-electron chi connectivity index (χ0n) is 13.1. The quantitative estimate of drug-likeness (QED) is 0.537. The summed E-state index contributed by atoms with van der Waals surface area (Å²) in [6.45, 7) is 2.04. The summed E-state index contributed by atoms with van der Waals surface area (Å²) in [6, 6.07) is 14.1. The Hall–Kier alpha value is -1.79. The molecule has 1 aliphatic rings. The molecule has 1 N–H and O–H groups in total. The van der Waals surface area contributed by atoms with E-state index in [0.29, 0.717) is 11.7 Å². The molecule has 0 aliphatic carbocycles. The molecule has 0 radical (unpaired) electrons. The minimum atomic E-state index is 0.210. The van der Waals surface area contributed by atoms with Crippen molar-refractivity contribution < 1.29 is 5.11 Å². The van der Waals surface area contributed by atoms with Crippen LogP contribution in [-0.2, 0) is 0 Å². The van der Waals surface area contributed by atoms with Gasteiger partial charge in [-0.05, 0) is 43.3 Å². The highest BCUT2D eigenvalue weighted by Crippen LogP contribution is 2.45. The number of benzene rings is 2. The van der Waals surface area contributed by atoms with Gasteiger partial charge in [-0.15, -0.1) is 5.11 Å². The zero-order valence-corrected chi connectivity index (χ0v) is 15.5. The van der Waals surface area contributed by atoms with E-state index in [9.17, 15) is 5.11 Å². The molecule has 1 fully saturated rings. The van der Waals surface area contributed by atoms with Gasteiger partial charge in [0.05, 0.1) is 17.2 Å². The number of hydrogen-bond acceptors (Lipinski definition) is 4. The van der Waals surface area contributed by atoms with E-state index in [0.717, 1.165) is 38.1 Å². The second-order valence-corrected chi connectivity index (χ2v) is 7.92. The Kier molecular flexibility index (Phi) is 4.10. The van der Waals surface area contributed by atoms with Gasteiger partial charge in [-0.25, -0.2) is 0 Å². The predicted octanol–water partition coefficient (Wildman–Crippen LogP) is 6.12. The summed E-state index contributed by atoms with van der Waals surface area (Å²) in [7, 11) is 0. The maximum atomic E-state index is 10.8. The Balaban J connectivity index is 1.83. The van der Waals surface area contributed by atoms with Crippen LogP contribution in [0.5, 0.6) is 5.88 Å². The van der Waals surface area contributed by atoms with Crippen LogP contribution in [-0.4, -0.2) is 21.2 Å². The van der Waals surface area contributed by atoms with Crippen LogP contribution in [0, 0.1) is 6.92 Å². The molecule has 24 heavy (non-hydrogen) atoms. The molecule has 1 aliphatic heterocycles. The topological polar surface area (TPSA) is 49.9 Å². The third-order valence-electron chi connectivity index (χ3n) is 4.18. The van der Waals surface area contributed by atoms with Crippen molar-refractivity contribution in [3.8, 4) is 5.88 Å². The van der Waals surface area contributed by atoms with Gasteiger partial charge in [0.2, 0.25) is 5.88 Å². The third kappa shape index (κ3) is 2.74. The van der Waals surface area contributed by atoms with Crippen molar-refractivity contribution in [1.29, 1.82) is 0 Å². The molecule has 122 valence electrons. The lowest BCUT2D eigenvalue weighted by atomic mass is 10.1. The number of fused-ring (bicyclic) bond motifs is 1. The molecule has 6 heteroatoms. The molecule has 0 unspecified atom stereocenters. The monoisotopic (exact) mass is 401 g/mol. The van der Waals surface area contributed by atoms with E-state index in [1.165, 1.54) is 0 Å². The first kappa shape index (κ1) is 15.7. The highest BCUT2D eigenvalue weighted by Gasteiger charge is 2.27. The second kappa shape index (κ2) is 6.26. The van der Waals surface area contributed by atoms with Gasteiger partial charge in [-0.1, -0.05) is 27.6 Å². The van der Waals surface area contributed by atoms with Crippen LogP contribution >= 0.6 is 27.7 Å². The van der Waals surface area contributed by atoms with Gasteiger partial charge in [-0.3, -0.25) is 0 Å². The number of aryl methyl sites for hydroxylation is 1. The van der Waals surface area contributed by atoms with E-state index in [2.05, 4.69) is 44.4 Å². The summed E-state index contributed by atoms with van der Waals surface area (Å²) >= 11 is 5.30. The van der Waals surface area contributed by atoms with Gasteiger partial charge in [0.25, 0.3) is 0 Å². The standard InChI is InChI=1S/C18H16BrN3OS/c1-11-2-7-16-15(8-11)17(18(23)22(16)14-9-24-10-14)21-20-13-5-3-12(19)4-6-13/h2-8,14,23H,9-10H2,1H3. The molecule has 1 saturated heterocycles. The number of rotatable bonds is 3. The SMILES string of the molecule is Cc1ccc2c(c1)c(N=Nc1ccc(Br)cc1)c(O)n2C1CSC1. The second-order valence-electron chi connectivity index (χ2n) is 5.93. The fourth-order valence-electron chi connectivity index (χ4n) is 2.85. The first-order valence-electron chi connectivity index (χ1n) is 7.72. The molecule has 0 bridgehead atoms. The Bertz CT molecular complexity index is 930. The minimum Gasteiger partial charge on any atom is -0.493 e. The van der Waals surface area contributed by atoms with Gasteiger partial charge in [0.1, 0.15) is 0 Å². The lowest BCUT2D eigenvalue weighted by molar-refractivity contribution is 0.406. The van der Waals surface area contributed by atoms with Crippen LogP contribution in [0.15, 0.2) is 57.2 Å². The molecule has 0 amide bonds. The Labute approximate surface area is 152 Å². The average Bonchev–Trinajstić information content (AvgIpc) is 2.78. The van der Waals surface area contributed by atoms with Gasteiger partial charge in [0.15, 0.2) is 5.69 Å². The van der Waals surface area contributed by atoms with Gasteiger partial charge >= 0.3 is 0 Å². The van der Waals surface area contributed by atoms with E-state index >= 15 is 0 Å². The molecule has 1 aromatic heterocycles. The van der Waals surface area contributed by atoms with Crippen molar-refractivity contribution in [2.45, 2.75) is 13.0 Å². The number of azo groups is 1. The smallest absolute Gasteiger partial charge is 0.221 e. The molecule has 3 aromatic rings. The Morgan fingerprint density at radius 2 is 1.88 bits per heavy atom. The molecule has 4 nitrogen and oxygen atoms in total. The van der Waals surface area contributed by atoms with E-state index in [1.54, 1.807) is 0 Å². The summed E-state index contributed by atoms with van der Waals surface area (Å²) in [6.07, 6.45) is 0. The largest absolute Gasteiger partial charge is 0.493 e. The van der Waals surface area contributed by atoms with E-state index < -0.39 is 0 Å². The van der Waals surface area contributed by atoms with Crippen molar-refractivity contribution in [1.82, 2.24) is 4.57 Å². The van der Waals surface area contributed by atoms with Crippen molar-refractivity contribution in [3.63, 3.8) is 0 Å². The number of aromatic hydroxyl groups is 1. The number of thioether (sulfide) groups is 1. The average molecular weight is 402 g/mol. The van der Waals surface area contributed by atoms with Crippen LogP contribution in [0.3, 0.4) is 0 Å². The van der Waals surface area contributed by atoms with Crippen molar-refractivity contribution in [2.24, 2.45) is 10.2 Å². The lowest BCUT2D eigenvalue weighted by Gasteiger charge is -2.27. The Morgan fingerprint density at radius 3 is 2.54 bits per heavy atom. The van der Waals surface area contributed by atoms with E-state index in [4.69, 9.17) is 0 Å². The van der Waals surface area contributed by atoms with E-state index in [1.807, 2.05) is 47.5 Å². The fraction of sp³-hybridized carbons (Fsp3) is 0.222. The molecule has 0 saturated carbocycles. The van der Waals surface area contributed by atoms with Crippen LogP contribution < -0.4 is 0 Å². The fourth-order valence-corrected chi connectivity index (χ4v) is 3.86. The number of aromatic nitrogens is 1. The summed E-state index contributed by atoms with van der Waals surface area (Å²) < 4.78 is 3.00. The maximum absolute atomic E-state index is 10.8. The van der Waals surface area contributed by atoms with Crippen molar-refractivity contribution >= 4 is 50.0 Å². The highest BCUT2D eigenvalue weighted by molar-refractivity contribution is 9.10. The highest BCUT2D eigenvalue weighted by atomic mass is 79.9. The van der Waals surface area contributed by atoms with Crippen LogP contribution in [0.25, 0.3) is 10.9 Å². The van der Waals surface area contributed by atoms with Crippen LogP contribution in [0.1, 0.15) is 11.6 Å². The molecule has 0 atom stereocenters. The number of hydrogen-bond donors (Lipinski definition) is 1. The molecule has 0 spiro atoms. The molecule has 2 aromatic carbocycles. The van der Waals surface area contributed by atoms with E-state index in [-0.39, 0.29) is 5.88 Å². The van der Waals surface area contributed by atoms with Gasteiger partial charge in [0, 0.05) is 21.4 Å². The summed E-state index contributed by atoms with van der Waals surface area (Å²) in [5.74, 6) is 2.25. The van der Waals surface area contributed by atoms with Crippen LogP contribution in [0.2, 0.25) is 0 Å². The molecule has 4 rings (SSSR count). The molecule has 2 heterocycles. The normalized spacial score (nSPS) is 15.2. The van der Waals surface area contributed by atoms with Gasteiger partial charge < -0.3 is 9.67 Å².